The zero-order chi connectivity index (χ0) is 18.8. The predicted octanol–water partition coefficient (Wildman–Crippen LogP) is 2.51. The van der Waals surface area contributed by atoms with Crippen molar-refractivity contribution < 1.29 is 18.0 Å². The molecule has 0 aliphatic heterocycles. The number of halogens is 3. The first kappa shape index (κ1) is 18.5. The Morgan fingerprint density at radius 2 is 1.84 bits per heavy atom. The molecular weight excluding hydrogens is 337 g/mol. The number of carbonyl (C=O) groups is 1. The summed E-state index contributed by atoms with van der Waals surface area (Å²) >= 11 is 0. The molecule has 1 heterocycles. The van der Waals surface area contributed by atoms with Crippen LogP contribution in [0.3, 0.4) is 0 Å². The normalized spacial score (nSPS) is 12.5. The fourth-order valence-electron chi connectivity index (χ4n) is 2.09. The minimum atomic E-state index is -4.91. The fraction of sp³-hybridized carbons (Fsp3) is 0.312. The molecule has 0 aliphatic carbocycles. The quantitative estimate of drug-likeness (QED) is 0.654. The van der Waals surface area contributed by atoms with Gasteiger partial charge in [0, 0.05) is 11.6 Å². The molecule has 0 unspecified atom stereocenters. The van der Waals surface area contributed by atoms with Crippen molar-refractivity contribution in [1.29, 1.82) is 0 Å². The third-order valence-electron chi connectivity index (χ3n) is 3.39. The lowest BCUT2D eigenvalue weighted by molar-refractivity contribution is -0.124. The Kier molecular flexibility index (Phi) is 5.15. The molecule has 1 aromatic carbocycles. The highest BCUT2D eigenvalue weighted by molar-refractivity contribution is 6.05. The number of benzene rings is 1. The number of rotatable bonds is 4. The number of aromatic nitrogens is 2. The lowest BCUT2D eigenvalue weighted by Crippen LogP contribution is -2.34. The van der Waals surface area contributed by atoms with Gasteiger partial charge in [-0.1, -0.05) is 32.0 Å². The van der Waals surface area contributed by atoms with Gasteiger partial charge in [-0.25, -0.2) is 10.1 Å². The Hall–Kier alpha value is -2.84. The Morgan fingerprint density at radius 3 is 2.36 bits per heavy atom. The first-order valence-electron chi connectivity index (χ1n) is 7.45. The second-order valence-corrected chi connectivity index (χ2v) is 5.68. The minimum Gasteiger partial charge on any atom is -0.295 e. The van der Waals surface area contributed by atoms with Crippen LogP contribution in [0.2, 0.25) is 0 Å². The van der Waals surface area contributed by atoms with Crippen molar-refractivity contribution in [1.82, 2.24) is 15.2 Å². The van der Waals surface area contributed by atoms with E-state index < -0.39 is 34.8 Å². The Bertz CT molecular complexity index is 849. The predicted molar refractivity (Wildman–Crippen MR) is 86.7 cm³/mol. The molecule has 1 aromatic heterocycles. The van der Waals surface area contributed by atoms with E-state index in [9.17, 15) is 22.8 Å². The van der Waals surface area contributed by atoms with Crippen LogP contribution in [0.15, 0.2) is 40.2 Å². The van der Waals surface area contributed by atoms with Gasteiger partial charge >= 0.3 is 6.18 Å². The minimum absolute atomic E-state index is 0.0104. The van der Waals surface area contributed by atoms with E-state index in [1.54, 1.807) is 30.3 Å². The summed E-state index contributed by atoms with van der Waals surface area (Å²) in [5.41, 5.74) is -0.761. The van der Waals surface area contributed by atoms with E-state index in [1.165, 1.54) is 20.8 Å². The van der Waals surface area contributed by atoms with Gasteiger partial charge in [-0.15, -0.1) is 0 Å². The molecule has 0 saturated heterocycles. The van der Waals surface area contributed by atoms with Crippen LogP contribution < -0.4 is 11.0 Å². The van der Waals surface area contributed by atoms with Crippen molar-refractivity contribution in [2.45, 2.75) is 26.9 Å². The van der Waals surface area contributed by atoms with Gasteiger partial charge in [0.25, 0.3) is 5.56 Å². The molecule has 0 saturated carbocycles. The van der Waals surface area contributed by atoms with E-state index in [2.05, 4.69) is 10.2 Å². The van der Waals surface area contributed by atoms with Gasteiger partial charge in [0.05, 0.1) is 11.3 Å². The zero-order valence-corrected chi connectivity index (χ0v) is 13.8. The smallest absolute Gasteiger partial charge is 0.295 e. The van der Waals surface area contributed by atoms with Gasteiger partial charge in [-0.3, -0.25) is 14.7 Å². The molecule has 2 rings (SSSR count). The highest BCUT2D eigenvalue weighted by Crippen LogP contribution is 2.22. The van der Waals surface area contributed by atoms with Gasteiger partial charge in [-0.05, 0) is 19.1 Å². The van der Waals surface area contributed by atoms with Crippen molar-refractivity contribution in [3.05, 3.63) is 51.9 Å². The number of aromatic amines is 1. The van der Waals surface area contributed by atoms with Gasteiger partial charge in [0.1, 0.15) is 0 Å². The van der Waals surface area contributed by atoms with E-state index in [4.69, 9.17) is 0 Å². The zero-order valence-electron chi connectivity index (χ0n) is 13.8. The van der Waals surface area contributed by atoms with Gasteiger partial charge in [0.15, 0.2) is 5.71 Å². The summed E-state index contributed by atoms with van der Waals surface area (Å²) in [6.07, 6.45) is -4.91. The SMILES string of the molecule is Cc1[nH]n(-c2ccccc2)c(=O)c1C(=NNC(=O)C(C)C)C(F)(F)F. The molecule has 1 amide bonds. The van der Waals surface area contributed by atoms with Crippen molar-refractivity contribution in [3.8, 4) is 5.69 Å². The number of hydrogen-bond donors (Lipinski definition) is 2. The van der Waals surface area contributed by atoms with Crippen LogP contribution in [0.1, 0.15) is 25.1 Å². The number of para-hydroxylation sites is 1. The van der Waals surface area contributed by atoms with Crippen molar-refractivity contribution in [2.24, 2.45) is 11.0 Å². The van der Waals surface area contributed by atoms with Crippen LogP contribution in [-0.2, 0) is 4.79 Å². The Labute approximate surface area is 141 Å². The maximum Gasteiger partial charge on any atom is 0.435 e. The molecule has 0 radical (unpaired) electrons. The Morgan fingerprint density at radius 1 is 1.24 bits per heavy atom. The first-order valence-corrected chi connectivity index (χ1v) is 7.45. The van der Waals surface area contributed by atoms with Crippen LogP contribution >= 0.6 is 0 Å². The molecule has 0 spiro atoms. The highest BCUT2D eigenvalue weighted by Gasteiger charge is 2.41. The van der Waals surface area contributed by atoms with Crippen LogP contribution in [0, 0.1) is 12.8 Å². The molecule has 6 nitrogen and oxygen atoms in total. The van der Waals surface area contributed by atoms with E-state index in [0.29, 0.717) is 5.69 Å². The second kappa shape index (κ2) is 6.96. The van der Waals surface area contributed by atoms with Crippen LogP contribution in [-0.4, -0.2) is 27.6 Å². The summed E-state index contributed by atoms with van der Waals surface area (Å²) in [6.45, 7) is 4.37. The molecule has 134 valence electrons. The number of H-pyrrole nitrogens is 1. The molecule has 2 N–H and O–H groups in total. The number of aryl methyl sites for hydroxylation is 1. The second-order valence-electron chi connectivity index (χ2n) is 5.68. The molecule has 0 fully saturated rings. The van der Waals surface area contributed by atoms with Crippen molar-refractivity contribution >= 4 is 11.6 Å². The van der Waals surface area contributed by atoms with Gasteiger partial charge < -0.3 is 0 Å². The fourth-order valence-corrected chi connectivity index (χ4v) is 2.09. The summed E-state index contributed by atoms with van der Waals surface area (Å²) in [7, 11) is 0. The Balaban J connectivity index is 2.56. The summed E-state index contributed by atoms with van der Waals surface area (Å²) in [6, 6.07) is 8.17. The van der Waals surface area contributed by atoms with E-state index >= 15 is 0 Å². The third-order valence-corrected chi connectivity index (χ3v) is 3.39. The summed E-state index contributed by atoms with van der Waals surface area (Å²) in [5.74, 6) is -1.23. The first-order chi connectivity index (χ1) is 11.6. The number of alkyl halides is 3. The van der Waals surface area contributed by atoms with Crippen molar-refractivity contribution in [3.63, 3.8) is 0 Å². The number of nitrogens with one attached hydrogen (secondary N) is 2. The number of hydrazone groups is 1. The van der Waals surface area contributed by atoms with E-state index in [-0.39, 0.29) is 5.69 Å². The third kappa shape index (κ3) is 3.98. The largest absolute Gasteiger partial charge is 0.435 e. The molecule has 2 aromatic rings. The average molecular weight is 354 g/mol. The molecule has 9 heteroatoms. The summed E-state index contributed by atoms with van der Waals surface area (Å²) in [4.78, 5) is 24.0. The number of amides is 1. The molecule has 0 aliphatic rings. The molecular formula is C16H17F3N4O2. The monoisotopic (exact) mass is 354 g/mol. The maximum absolute atomic E-state index is 13.4. The number of carbonyl (C=O) groups excluding carboxylic acids is 1. The van der Waals surface area contributed by atoms with E-state index in [0.717, 1.165) is 4.68 Å². The lowest BCUT2D eigenvalue weighted by atomic mass is 10.1. The highest BCUT2D eigenvalue weighted by atomic mass is 19.4. The molecule has 0 bridgehead atoms. The number of hydrogen-bond acceptors (Lipinski definition) is 3. The average Bonchev–Trinajstić information content (AvgIpc) is 2.82. The van der Waals surface area contributed by atoms with Gasteiger partial charge in [-0.2, -0.15) is 18.3 Å². The maximum atomic E-state index is 13.4. The number of nitrogens with zero attached hydrogens (tertiary/aromatic N) is 2. The molecule has 0 atom stereocenters. The van der Waals surface area contributed by atoms with Gasteiger partial charge in [0.2, 0.25) is 5.91 Å². The van der Waals surface area contributed by atoms with Crippen LogP contribution in [0.25, 0.3) is 5.69 Å². The van der Waals surface area contributed by atoms with Crippen molar-refractivity contribution in [2.75, 3.05) is 0 Å². The molecule has 25 heavy (non-hydrogen) atoms. The van der Waals surface area contributed by atoms with Crippen LogP contribution in [0.4, 0.5) is 13.2 Å². The standard InChI is InChI=1S/C16H17F3N4O2/c1-9(2)14(24)21-20-13(16(17,18)19)12-10(3)22-23(15(12)25)11-7-5-4-6-8-11/h4-9,22H,1-3H3,(H,21,24). The topological polar surface area (TPSA) is 79.2 Å². The summed E-state index contributed by atoms with van der Waals surface area (Å²) < 4.78 is 41.2. The summed E-state index contributed by atoms with van der Waals surface area (Å²) in [5, 5.41) is 5.78. The van der Waals surface area contributed by atoms with E-state index in [1.807, 2.05) is 5.43 Å². The van der Waals surface area contributed by atoms with Crippen LogP contribution in [0.5, 0.6) is 0 Å². The lowest BCUT2D eigenvalue weighted by Gasteiger charge is -2.10.